The van der Waals surface area contributed by atoms with Gasteiger partial charge in [0.25, 0.3) is 11.7 Å². The highest BCUT2D eigenvalue weighted by atomic mass is 35.5. The van der Waals surface area contributed by atoms with Crippen molar-refractivity contribution < 1.29 is 19.4 Å². The molecule has 1 atom stereocenters. The molecule has 6 nitrogen and oxygen atoms in total. The van der Waals surface area contributed by atoms with Crippen LogP contribution in [0.5, 0.6) is 5.75 Å². The molecule has 1 N–H and O–H groups in total. The van der Waals surface area contributed by atoms with E-state index in [0.717, 1.165) is 13.1 Å². The highest BCUT2D eigenvalue weighted by molar-refractivity contribution is 6.46. The van der Waals surface area contributed by atoms with Crippen LogP contribution in [0.3, 0.4) is 0 Å². The van der Waals surface area contributed by atoms with E-state index >= 15 is 0 Å². The van der Waals surface area contributed by atoms with Crippen LogP contribution in [0.1, 0.15) is 31.0 Å². The first-order chi connectivity index (χ1) is 16.3. The molecule has 1 saturated heterocycles. The number of nitrogens with zero attached hydrogens (tertiary/aromatic N) is 2. The Morgan fingerprint density at radius 1 is 1.12 bits per heavy atom. The number of Topliss-reactive ketones (excluding diaryl/α,β-unsaturated/α-hetero) is 1. The third-order valence-corrected chi connectivity index (χ3v) is 6.59. The van der Waals surface area contributed by atoms with E-state index in [9.17, 15) is 14.7 Å². The second-order valence-corrected chi connectivity index (χ2v) is 8.63. The Labute approximate surface area is 210 Å². The Bertz CT molecular complexity index is 1090. The minimum absolute atomic E-state index is 0.0164. The minimum atomic E-state index is -0.790. The van der Waals surface area contributed by atoms with Crippen molar-refractivity contribution in [1.29, 1.82) is 0 Å². The summed E-state index contributed by atoms with van der Waals surface area (Å²) in [4.78, 5) is 29.9. The van der Waals surface area contributed by atoms with Crippen molar-refractivity contribution in [2.75, 3.05) is 32.8 Å². The largest absolute Gasteiger partial charge is 0.507 e. The number of likely N-dealkylation sites (tertiary alicyclic amines) is 1. The van der Waals surface area contributed by atoms with E-state index in [-0.39, 0.29) is 11.3 Å². The van der Waals surface area contributed by atoms with Crippen LogP contribution in [0.4, 0.5) is 0 Å². The number of likely N-dealkylation sites (N-methyl/N-ethyl adjacent to an activating group) is 1. The molecule has 0 spiro atoms. The molecule has 1 aliphatic heterocycles. The number of hydrogen-bond donors (Lipinski definition) is 1. The van der Waals surface area contributed by atoms with Crippen LogP contribution in [-0.2, 0) is 9.59 Å². The van der Waals surface area contributed by atoms with E-state index in [2.05, 4.69) is 11.5 Å². The summed E-state index contributed by atoms with van der Waals surface area (Å²) >= 11 is 12.4. The SMILES string of the molecule is C=CCOc1ccc(/C(O)=C2\C(=O)C(=O)N(CCN(CC)CC)C2c2ccc(Cl)c(Cl)c2)cc1. The van der Waals surface area contributed by atoms with Crippen molar-refractivity contribution >= 4 is 40.7 Å². The van der Waals surface area contributed by atoms with Crippen LogP contribution in [0.25, 0.3) is 5.76 Å². The molecule has 8 heteroatoms. The molecular weight excluding hydrogens is 475 g/mol. The molecule has 180 valence electrons. The average molecular weight is 503 g/mol. The molecule has 0 aliphatic carbocycles. The monoisotopic (exact) mass is 502 g/mol. The lowest BCUT2D eigenvalue weighted by atomic mass is 9.95. The Hall–Kier alpha value is -2.80. The Kier molecular flexibility index (Phi) is 8.78. The number of amides is 1. The van der Waals surface area contributed by atoms with Crippen molar-refractivity contribution in [3.63, 3.8) is 0 Å². The summed E-state index contributed by atoms with van der Waals surface area (Å²) in [5.41, 5.74) is 1.01. The summed E-state index contributed by atoms with van der Waals surface area (Å²) < 4.78 is 5.48. The van der Waals surface area contributed by atoms with Crippen LogP contribution in [0.2, 0.25) is 10.0 Å². The lowest BCUT2D eigenvalue weighted by molar-refractivity contribution is -0.140. The predicted octanol–water partition coefficient (Wildman–Crippen LogP) is 5.32. The summed E-state index contributed by atoms with van der Waals surface area (Å²) in [6, 6.07) is 10.8. The summed E-state index contributed by atoms with van der Waals surface area (Å²) in [5.74, 6) is -1.05. The lowest BCUT2D eigenvalue weighted by Gasteiger charge is -2.28. The van der Waals surface area contributed by atoms with Crippen LogP contribution in [-0.4, -0.2) is 59.4 Å². The molecule has 1 unspecified atom stereocenters. The maximum Gasteiger partial charge on any atom is 0.295 e. The minimum Gasteiger partial charge on any atom is -0.507 e. The number of aliphatic hydroxyl groups is 1. The standard InChI is InChI=1S/C26H28Cl2N2O4/c1-4-15-34-19-10-7-17(8-11-19)24(31)22-23(18-9-12-20(27)21(28)16-18)30(26(33)25(22)32)14-13-29(5-2)6-3/h4,7-12,16,23,31H,1,5-6,13-15H2,2-3H3/b24-22+. The first-order valence-corrected chi connectivity index (χ1v) is 11.9. The molecule has 1 amide bonds. The fourth-order valence-corrected chi connectivity index (χ4v) is 4.25. The normalized spacial score (nSPS) is 17.4. The number of carbonyl (C=O) groups is 2. The van der Waals surface area contributed by atoms with Crippen LogP contribution in [0, 0.1) is 0 Å². The van der Waals surface area contributed by atoms with Crippen molar-refractivity contribution in [3.05, 3.63) is 81.9 Å². The van der Waals surface area contributed by atoms with Gasteiger partial charge in [0.1, 0.15) is 18.1 Å². The van der Waals surface area contributed by atoms with Crippen molar-refractivity contribution in [2.24, 2.45) is 0 Å². The van der Waals surface area contributed by atoms with Gasteiger partial charge in [0.05, 0.1) is 21.7 Å². The van der Waals surface area contributed by atoms with E-state index in [4.69, 9.17) is 27.9 Å². The Morgan fingerprint density at radius 2 is 1.79 bits per heavy atom. The van der Waals surface area contributed by atoms with Gasteiger partial charge in [-0.15, -0.1) is 0 Å². The quantitative estimate of drug-likeness (QED) is 0.206. The average Bonchev–Trinajstić information content (AvgIpc) is 3.10. The summed E-state index contributed by atoms with van der Waals surface area (Å²) in [6.45, 7) is 10.6. The molecule has 0 aromatic heterocycles. The van der Waals surface area contributed by atoms with Gasteiger partial charge >= 0.3 is 0 Å². The van der Waals surface area contributed by atoms with Gasteiger partial charge in [0.15, 0.2) is 0 Å². The van der Waals surface area contributed by atoms with E-state index < -0.39 is 17.7 Å². The topological polar surface area (TPSA) is 70.1 Å². The van der Waals surface area contributed by atoms with E-state index in [1.165, 1.54) is 4.90 Å². The van der Waals surface area contributed by atoms with Crippen molar-refractivity contribution in [2.45, 2.75) is 19.9 Å². The van der Waals surface area contributed by atoms with Gasteiger partial charge in [-0.1, -0.05) is 55.8 Å². The van der Waals surface area contributed by atoms with Gasteiger partial charge in [0.2, 0.25) is 0 Å². The first-order valence-electron chi connectivity index (χ1n) is 11.1. The fraction of sp³-hybridized carbons (Fsp3) is 0.308. The molecule has 2 aromatic rings. The smallest absolute Gasteiger partial charge is 0.295 e. The molecule has 0 saturated carbocycles. The van der Waals surface area contributed by atoms with E-state index in [1.807, 2.05) is 13.8 Å². The molecule has 0 radical (unpaired) electrons. The first kappa shape index (κ1) is 25.8. The van der Waals surface area contributed by atoms with Crippen LogP contribution in [0.15, 0.2) is 60.7 Å². The molecule has 3 rings (SSSR count). The van der Waals surface area contributed by atoms with Crippen LogP contribution >= 0.6 is 23.2 Å². The van der Waals surface area contributed by atoms with Gasteiger partial charge in [0, 0.05) is 18.7 Å². The number of rotatable bonds is 10. The maximum atomic E-state index is 13.1. The summed E-state index contributed by atoms with van der Waals surface area (Å²) in [5, 5.41) is 11.8. The van der Waals surface area contributed by atoms with Gasteiger partial charge in [-0.25, -0.2) is 0 Å². The van der Waals surface area contributed by atoms with Gasteiger partial charge in [-0.05, 0) is 55.1 Å². The highest BCUT2D eigenvalue weighted by Crippen LogP contribution is 2.41. The fourth-order valence-electron chi connectivity index (χ4n) is 3.95. The maximum absolute atomic E-state index is 13.1. The third-order valence-electron chi connectivity index (χ3n) is 5.85. The van der Waals surface area contributed by atoms with Crippen molar-refractivity contribution in [1.82, 2.24) is 9.80 Å². The van der Waals surface area contributed by atoms with Gasteiger partial charge in [-0.2, -0.15) is 0 Å². The van der Waals surface area contributed by atoms with Crippen LogP contribution < -0.4 is 4.74 Å². The Balaban J connectivity index is 2.06. The number of ether oxygens (including phenoxy) is 1. The van der Waals surface area contributed by atoms with E-state index in [0.29, 0.717) is 46.6 Å². The summed E-state index contributed by atoms with van der Waals surface area (Å²) in [6.07, 6.45) is 1.63. The molecule has 0 bridgehead atoms. The van der Waals surface area contributed by atoms with E-state index in [1.54, 1.807) is 48.5 Å². The molecule has 1 heterocycles. The van der Waals surface area contributed by atoms with Gasteiger partial charge in [-0.3, -0.25) is 9.59 Å². The zero-order chi connectivity index (χ0) is 24.8. The molecular formula is C26H28Cl2N2O4. The molecule has 1 fully saturated rings. The Morgan fingerprint density at radius 3 is 2.38 bits per heavy atom. The molecule has 2 aromatic carbocycles. The number of hydrogen-bond acceptors (Lipinski definition) is 5. The lowest BCUT2D eigenvalue weighted by Crippen LogP contribution is -2.38. The predicted molar refractivity (Wildman–Crippen MR) is 135 cm³/mol. The number of carbonyl (C=O) groups excluding carboxylic acids is 2. The van der Waals surface area contributed by atoms with Crippen molar-refractivity contribution in [3.8, 4) is 5.75 Å². The zero-order valence-corrected chi connectivity index (χ0v) is 20.8. The molecule has 1 aliphatic rings. The van der Waals surface area contributed by atoms with Gasteiger partial charge < -0.3 is 19.6 Å². The number of aliphatic hydroxyl groups excluding tert-OH is 1. The number of halogens is 2. The second kappa shape index (κ2) is 11.6. The molecule has 34 heavy (non-hydrogen) atoms. The number of ketones is 1. The number of benzene rings is 2. The summed E-state index contributed by atoms with van der Waals surface area (Å²) in [7, 11) is 0. The third kappa shape index (κ3) is 5.46. The zero-order valence-electron chi connectivity index (χ0n) is 19.3. The second-order valence-electron chi connectivity index (χ2n) is 7.82. The highest BCUT2D eigenvalue weighted by Gasteiger charge is 2.46.